The Kier molecular flexibility index (Phi) is 6.64. The molecule has 1 heterocycles. The molecule has 0 radical (unpaired) electrons. The molecule has 5 heteroatoms. The number of aryl methyl sites for hydroxylation is 3. The van der Waals surface area contributed by atoms with Crippen LogP contribution in [0, 0.1) is 20.8 Å². The summed E-state index contributed by atoms with van der Waals surface area (Å²) in [5, 5.41) is 11.2. The van der Waals surface area contributed by atoms with E-state index in [9.17, 15) is 5.11 Å². The predicted molar refractivity (Wildman–Crippen MR) is 111 cm³/mol. The molecule has 2 aromatic carbocycles. The second kappa shape index (κ2) is 8.96. The van der Waals surface area contributed by atoms with Crippen LogP contribution in [0.5, 0.6) is 5.75 Å². The molecule has 1 saturated heterocycles. The Morgan fingerprint density at radius 1 is 1.11 bits per heavy atom. The highest BCUT2D eigenvalue weighted by molar-refractivity contribution is 6.30. The predicted octanol–water partition coefficient (Wildman–Crippen LogP) is 2.41. The molecule has 0 saturated carbocycles. The number of rotatable bonds is 6. The van der Waals surface area contributed by atoms with E-state index in [1.807, 2.05) is 18.2 Å². The molecule has 3 rings (SSSR count). The van der Waals surface area contributed by atoms with Crippen molar-refractivity contribution in [3.8, 4) is 5.75 Å². The Labute approximate surface area is 167 Å². The zero-order valence-corrected chi connectivity index (χ0v) is 17.2. The van der Waals surface area contributed by atoms with E-state index in [1.165, 1.54) is 16.2 Å². The van der Waals surface area contributed by atoms with E-state index in [0.717, 1.165) is 48.1 Å². The summed E-state index contributed by atoms with van der Waals surface area (Å²) in [5.41, 5.74) is 4.67. The van der Waals surface area contributed by atoms with Gasteiger partial charge >= 0.3 is 0 Å². The number of aliphatic hydroxyl groups excluding tert-OH is 1. The fraction of sp³-hybridized carbons (Fsp3) is 0.455. The van der Waals surface area contributed by atoms with E-state index in [2.05, 4.69) is 43.9 Å². The lowest BCUT2D eigenvalue weighted by Crippen LogP contribution is -3.16. The highest BCUT2D eigenvalue weighted by Gasteiger charge is 2.23. The lowest BCUT2D eigenvalue weighted by molar-refractivity contribution is -0.903. The largest absolute Gasteiger partial charge is 0.490 e. The molecule has 0 spiro atoms. The van der Waals surface area contributed by atoms with Crippen LogP contribution in [-0.4, -0.2) is 50.5 Å². The SMILES string of the molecule is Cc1cc(C)c(OC[C@H](O)C[NH+]2CCN(c3cccc(Cl)c3)CC2)c(C)c1. The number of aliphatic hydroxyl groups is 1. The van der Waals surface area contributed by atoms with Gasteiger partial charge in [0.15, 0.2) is 0 Å². The first kappa shape index (κ1) is 20.0. The minimum atomic E-state index is -0.460. The fourth-order valence-electron chi connectivity index (χ4n) is 3.92. The molecule has 2 aromatic rings. The van der Waals surface area contributed by atoms with Gasteiger partial charge in [0.25, 0.3) is 0 Å². The first-order valence-electron chi connectivity index (χ1n) is 9.65. The lowest BCUT2D eigenvalue weighted by Gasteiger charge is -2.34. The molecular weight excluding hydrogens is 360 g/mol. The van der Waals surface area contributed by atoms with Crippen LogP contribution < -0.4 is 14.5 Å². The molecule has 27 heavy (non-hydrogen) atoms. The Balaban J connectivity index is 1.46. The molecular formula is C22H30ClN2O2+. The molecule has 146 valence electrons. The number of quaternary nitrogens is 1. The van der Waals surface area contributed by atoms with Gasteiger partial charge in [-0.2, -0.15) is 0 Å². The van der Waals surface area contributed by atoms with E-state index < -0.39 is 6.10 Å². The van der Waals surface area contributed by atoms with E-state index in [0.29, 0.717) is 13.2 Å². The highest BCUT2D eigenvalue weighted by Crippen LogP contribution is 2.24. The minimum Gasteiger partial charge on any atom is -0.490 e. The van der Waals surface area contributed by atoms with Crippen LogP contribution in [0.3, 0.4) is 0 Å². The Morgan fingerprint density at radius 2 is 1.78 bits per heavy atom. The zero-order chi connectivity index (χ0) is 19.4. The van der Waals surface area contributed by atoms with Crippen molar-refractivity contribution in [3.63, 3.8) is 0 Å². The molecule has 0 bridgehead atoms. The molecule has 2 N–H and O–H groups in total. The number of ether oxygens (including phenoxy) is 1. The maximum Gasteiger partial charge on any atom is 0.137 e. The Morgan fingerprint density at radius 3 is 2.41 bits per heavy atom. The van der Waals surface area contributed by atoms with Crippen molar-refractivity contribution in [2.75, 3.05) is 44.2 Å². The molecule has 4 nitrogen and oxygen atoms in total. The molecule has 1 aliphatic heterocycles. The van der Waals surface area contributed by atoms with E-state index in [4.69, 9.17) is 16.3 Å². The van der Waals surface area contributed by atoms with Gasteiger partial charge in [0.1, 0.15) is 25.0 Å². The van der Waals surface area contributed by atoms with Gasteiger partial charge in [-0.15, -0.1) is 0 Å². The first-order chi connectivity index (χ1) is 12.9. The Hall–Kier alpha value is -1.75. The summed E-state index contributed by atoms with van der Waals surface area (Å²) in [7, 11) is 0. The highest BCUT2D eigenvalue weighted by atomic mass is 35.5. The third-order valence-electron chi connectivity index (χ3n) is 5.19. The van der Waals surface area contributed by atoms with E-state index in [-0.39, 0.29) is 0 Å². The molecule has 0 aromatic heterocycles. The van der Waals surface area contributed by atoms with Crippen molar-refractivity contribution in [1.29, 1.82) is 0 Å². The molecule has 0 unspecified atom stereocenters. The van der Waals surface area contributed by atoms with Crippen molar-refractivity contribution in [2.24, 2.45) is 0 Å². The van der Waals surface area contributed by atoms with Gasteiger partial charge in [-0.3, -0.25) is 0 Å². The normalized spacial score (nSPS) is 16.4. The van der Waals surface area contributed by atoms with Gasteiger partial charge < -0.3 is 19.6 Å². The van der Waals surface area contributed by atoms with E-state index in [1.54, 1.807) is 0 Å². The summed E-state index contributed by atoms with van der Waals surface area (Å²) in [6, 6.07) is 12.3. The second-order valence-electron chi connectivity index (χ2n) is 7.61. The number of nitrogens with zero attached hydrogens (tertiary/aromatic N) is 1. The molecule has 0 aliphatic carbocycles. The fourth-order valence-corrected chi connectivity index (χ4v) is 4.11. The number of anilines is 1. The summed E-state index contributed by atoms with van der Waals surface area (Å²) in [4.78, 5) is 3.78. The number of halogens is 1. The van der Waals surface area contributed by atoms with Crippen molar-refractivity contribution in [3.05, 3.63) is 58.1 Å². The first-order valence-corrected chi connectivity index (χ1v) is 10.0. The van der Waals surface area contributed by atoms with Crippen LogP contribution in [0.1, 0.15) is 16.7 Å². The number of benzene rings is 2. The topological polar surface area (TPSA) is 37.1 Å². The van der Waals surface area contributed by atoms with Gasteiger partial charge in [0, 0.05) is 10.7 Å². The van der Waals surface area contributed by atoms with Crippen molar-refractivity contribution in [1.82, 2.24) is 0 Å². The van der Waals surface area contributed by atoms with Crippen LogP contribution in [0.2, 0.25) is 5.02 Å². The minimum absolute atomic E-state index is 0.340. The van der Waals surface area contributed by atoms with Gasteiger partial charge in [-0.05, 0) is 50.1 Å². The van der Waals surface area contributed by atoms with Gasteiger partial charge in [-0.25, -0.2) is 0 Å². The molecule has 1 aliphatic rings. The third kappa shape index (κ3) is 5.38. The lowest BCUT2D eigenvalue weighted by atomic mass is 10.1. The van der Waals surface area contributed by atoms with Crippen molar-refractivity contribution >= 4 is 17.3 Å². The van der Waals surface area contributed by atoms with Gasteiger partial charge in [0.05, 0.1) is 26.2 Å². The van der Waals surface area contributed by atoms with Gasteiger partial charge in [-0.1, -0.05) is 35.4 Å². The number of hydrogen-bond acceptors (Lipinski definition) is 3. The maximum atomic E-state index is 10.4. The monoisotopic (exact) mass is 389 g/mol. The summed E-state index contributed by atoms with van der Waals surface area (Å²) < 4.78 is 5.94. The molecule has 1 atom stereocenters. The number of nitrogens with one attached hydrogen (secondary N) is 1. The smallest absolute Gasteiger partial charge is 0.137 e. The van der Waals surface area contributed by atoms with Crippen LogP contribution in [0.4, 0.5) is 5.69 Å². The average molecular weight is 390 g/mol. The summed E-state index contributed by atoms with van der Waals surface area (Å²) in [6.07, 6.45) is -0.460. The van der Waals surface area contributed by atoms with Crippen molar-refractivity contribution < 1.29 is 14.7 Å². The summed E-state index contributed by atoms with van der Waals surface area (Å²) in [5.74, 6) is 0.903. The van der Waals surface area contributed by atoms with Crippen molar-refractivity contribution in [2.45, 2.75) is 26.9 Å². The zero-order valence-electron chi connectivity index (χ0n) is 16.5. The van der Waals surface area contributed by atoms with E-state index >= 15 is 0 Å². The number of piperazine rings is 1. The molecule has 1 fully saturated rings. The second-order valence-corrected chi connectivity index (χ2v) is 8.05. The Bertz CT molecular complexity index is 750. The van der Waals surface area contributed by atoms with Crippen LogP contribution in [0.15, 0.2) is 36.4 Å². The third-order valence-corrected chi connectivity index (χ3v) is 5.43. The van der Waals surface area contributed by atoms with Crippen LogP contribution in [0.25, 0.3) is 0 Å². The van der Waals surface area contributed by atoms with Gasteiger partial charge in [0.2, 0.25) is 0 Å². The summed E-state index contributed by atoms with van der Waals surface area (Å²) >= 11 is 6.10. The standard InChI is InChI=1S/C22H29ClN2O2/c1-16-11-17(2)22(18(3)12-16)27-15-21(26)14-24-7-9-25(10-8-24)20-6-4-5-19(23)13-20/h4-6,11-13,21,26H,7-10,14-15H2,1-3H3/p+1/t21-/m1/s1. The maximum absolute atomic E-state index is 10.4. The number of hydrogen-bond donors (Lipinski definition) is 2. The summed E-state index contributed by atoms with van der Waals surface area (Å²) in [6.45, 7) is 11.2. The van der Waals surface area contributed by atoms with Crippen LogP contribution in [-0.2, 0) is 0 Å². The molecule has 0 amide bonds. The quantitative estimate of drug-likeness (QED) is 0.796. The van der Waals surface area contributed by atoms with Crippen LogP contribution >= 0.6 is 11.6 Å². The average Bonchev–Trinajstić information content (AvgIpc) is 2.61.